The zero-order chi connectivity index (χ0) is 19.4. The summed E-state index contributed by atoms with van der Waals surface area (Å²) in [5.74, 6) is 0.0286. The Balaban J connectivity index is 1.48. The second-order valence-corrected chi connectivity index (χ2v) is 7.27. The molecule has 0 saturated carbocycles. The Morgan fingerprint density at radius 2 is 1.89 bits per heavy atom. The second kappa shape index (κ2) is 8.67. The van der Waals surface area contributed by atoms with Gasteiger partial charge in [0, 0.05) is 26.2 Å². The van der Waals surface area contributed by atoms with Crippen LogP contribution in [0.2, 0.25) is 0 Å². The van der Waals surface area contributed by atoms with Gasteiger partial charge < -0.3 is 15.0 Å². The fraction of sp³-hybridized carbons (Fsp3) is 0.579. The minimum absolute atomic E-state index is 0.00137. The van der Waals surface area contributed by atoms with Crippen LogP contribution in [0.4, 0.5) is 4.39 Å². The molecule has 1 aromatic carbocycles. The molecular weight excluding hydrogens is 351 g/mol. The van der Waals surface area contributed by atoms with Crippen molar-refractivity contribution in [2.24, 2.45) is 5.92 Å². The summed E-state index contributed by atoms with van der Waals surface area (Å²) >= 11 is 0. The number of alkyl halides is 1. The van der Waals surface area contributed by atoms with Crippen LogP contribution in [0.15, 0.2) is 30.3 Å². The third kappa shape index (κ3) is 4.75. The number of nitrogens with zero attached hydrogens (tertiary/aromatic N) is 2. The Morgan fingerprint density at radius 1 is 1.22 bits per heavy atom. The molecule has 0 bridgehead atoms. The maximum atomic E-state index is 14.1. The van der Waals surface area contributed by atoms with Gasteiger partial charge in [0.05, 0.1) is 6.04 Å². The number of ether oxygens (including phenoxy) is 1. The number of hydrogen-bond donors (Lipinski definition) is 2. The Morgan fingerprint density at radius 3 is 2.52 bits per heavy atom. The van der Waals surface area contributed by atoms with Crippen molar-refractivity contribution in [1.82, 2.24) is 20.4 Å². The van der Waals surface area contributed by atoms with Gasteiger partial charge in [0.25, 0.3) is 11.8 Å². The van der Waals surface area contributed by atoms with E-state index in [-0.39, 0.29) is 18.4 Å². The first-order valence-electron chi connectivity index (χ1n) is 9.36. The molecule has 3 unspecified atom stereocenters. The zero-order valence-electron chi connectivity index (χ0n) is 15.7. The maximum absolute atomic E-state index is 14.1. The summed E-state index contributed by atoms with van der Waals surface area (Å²) in [4.78, 5) is 28.0. The van der Waals surface area contributed by atoms with E-state index in [0.717, 1.165) is 0 Å². The number of halogens is 1. The van der Waals surface area contributed by atoms with Crippen molar-refractivity contribution >= 4 is 11.8 Å². The van der Waals surface area contributed by atoms with Crippen molar-refractivity contribution in [2.75, 3.05) is 32.8 Å². The van der Waals surface area contributed by atoms with Gasteiger partial charge >= 0.3 is 0 Å². The lowest BCUT2D eigenvalue weighted by molar-refractivity contribution is -0.139. The van der Waals surface area contributed by atoms with Crippen LogP contribution in [0.3, 0.4) is 0 Å². The van der Waals surface area contributed by atoms with Gasteiger partial charge in [-0.05, 0) is 18.1 Å². The number of benzene rings is 1. The smallest absolute Gasteiger partial charge is 0.260 e. The van der Waals surface area contributed by atoms with Gasteiger partial charge in [0.2, 0.25) is 0 Å². The van der Waals surface area contributed by atoms with E-state index in [1.54, 1.807) is 4.90 Å². The Kier molecular flexibility index (Phi) is 6.28. The normalized spacial score (nSPS) is 26.7. The summed E-state index contributed by atoms with van der Waals surface area (Å²) in [5.41, 5.74) is 0. The highest BCUT2D eigenvalue weighted by Crippen LogP contribution is 2.17. The van der Waals surface area contributed by atoms with E-state index in [1.807, 2.05) is 49.1 Å². The fourth-order valence-electron chi connectivity index (χ4n) is 3.40. The Bertz CT molecular complexity index is 650. The topological polar surface area (TPSA) is 73.9 Å². The molecule has 27 heavy (non-hydrogen) atoms. The molecule has 2 saturated heterocycles. The first-order chi connectivity index (χ1) is 13.0. The number of rotatable bonds is 5. The number of para-hydroxylation sites is 1. The highest BCUT2D eigenvalue weighted by atomic mass is 19.1. The van der Waals surface area contributed by atoms with E-state index in [2.05, 4.69) is 10.6 Å². The molecule has 2 aliphatic rings. The largest absolute Gasteiger partial charge is 0.484 e. The number of carbonyl (C=O) groups excluding carboxylic acids is 2. The van der Waals surface area contributed by atoms with Gasteiger partial charge in [-0.1, -0.05) is 32.0 Å². The third-order valence-corrected chi connectivity index (χ3v) is 5.05. The maximum Gasteiger partial charge on any atom is 0.260 e. The van der Waals surface area contributed by atoms with E-state index in [9.17, 15) is 14.0 Å². The summed E-state index contributed by atoms with van der Waals surface area (Å²) in [6.07, 6.45) is -1.95. The average Bonchev–Trinajstić information content (AvgIpc) is 2.68. The molecular formula is C19H27FN4O3. The lowest BCUT2D eigenvalue weighted by atomic mass is 9.97. The molecule has 2 N–H and O–H groups in total. The molecule has 2 aliphatic heterocycles. The molecule has 0 aliphatic carbocycles. The molecule has 3 rings (SSSR count). The lowest BCUT2D eigenvalue weighted by Gasteiger charge is -2.44. The van der Waals surface area contributed by atoms with Crippen LogP contribution >= 0.6 is 0 Å². The van der Waals surface area contributed by atoms with Crippen LogP contribution in [-0.2, 0) is 9.59 Å². The SMILES string of the molecule is CC(C)C1NC(N2CCN(C(=O)COc3ccccc3)CC2)NC(=O)C1F. The minimum Gasteiger partial charge on any atom is -0.484 e. The standard InChI is InChI=1S/C19H27FN4O3/c1-13(2)17-16(20)18(26)22-19(21-17)24-10-8-23(9-11-24)15(25)12-27-14-6-4-3-5-7-14/h3-7,13,16-17,19,21H,8-12H2,1-2H3,(H,22,26). The molecule has 1 aromatic rings. The van der Waals surface area contributed by atoms with Crippen LogP contribution < -0.4 is 15.4 Å². The van der Waals surface area contributed by atoms with Gasteiger partial charge in [-0.3, -0.25) is 19.8 Å². The summed E-state index contributed by atoms with van der Waals surface area (Å²) in [7, 11) is 0. The van der Waals surface area contributed by atoms with Gasteiger partial charge in [-0.15, -0.1) is 0 Å². The molecule has 0 aromatic heterocycles. The number of nitrogens with one attached hydrogen (secondary N) is 2. The van der Waals surface area contributed by atoms with Crippen molar-refractivity contribution in [1.29, 1.82) is 0 Å². The molecule has 2 amide bonds. The van der Waals surface area contributed by atoms with Gasteiger partial charge in [0.15, 0.2) is 12.8 Å². The van der Waals surface area contributed by atoms with Crippen molar-refractivity contribution < 1.29 is 18.7 Å². The average molecular weight is 378 g/mol. The molecule has 2 fully saturated rings. The number of carbonyl (C=O) groups is 2. The monoisotopic (exact) mass is 378 g/mol. The molecule has 148 valence electrons. The molecule has 7 nitrogen and oxygen atoms in total. The van der Waals surface area contributed by atoms with Crippen LogP contribution in [-0.4, -0.2) is 72.9 Å². The highest BCUT2D eigenvalue weighted by Gasteiger charge is 2.40. The quantitative estimate of drug-likeness (QED) is 0.784. The van der Waals surface area contributed by atoms with E-state index < -0.39 is 24.4 Å². The Labute approximate surface area is 158 Å². The molecule has 2 heterocycles. The van der Waals surface area contributed by atoms with Gasteiger partial charge in [-0.25, -0.2) is 4.39 Å². The summed E-state index contributed by atoms with van der Waals surface area (Å²) in [6, 6.07) is 8.72. The van der Waals surface area contributed by atoms with E-state index in [1.165, 1.54) is 0 Å². The number of piperazine rings is 1. The lowest BCUT2D eigenvalue weighted by Crippen LogP contribution is -2.71. The second-order valence-electron chi connectivity index (χ2n) is 7.27. The fourth-order valence-corrected chi connectivity index (χ4v) is 3.40. The van der Waals surface area contributed by atoms with E-state index in [4.69, 9.17) is 4.74 Å². The van der Waals surface area contributed by atoms with E-state index >= 15 is 0 Å². The zero-order valence-corrected chi connectivity index (χ0v) is 15.7. The van der Waals surface area contributed by atoms with Crippen molar-refractivity contribution in [3.05, 3.63) is 30.3 Å². The van der Waals surface area contributed by atoms with Crippen molar-refractivity contribution in [3.8, 4) is 5.75 Å². The minimum atomic E-state index is -1.54. The predicted octanol–water partition coefficient (Wildman–Crippen LogP) is 0.575. The first kappa shape index (κ1) is 19.6. The van der Waals surface area contributed by atoms with Gasteiger partial charge in [-0.2, -0.15) is 0 Å². The number of hydrogen-bond acceptors (Lipinski definition) is 5. The molecule has 0 radical (unpaired) electrons. The van der Waals surface area contributed by atoms with Crippen LogP contribution in [0.5, 0.6) is 5.75 Å². The number of amides is 2. The molecule has 3 atom stereocenters. The van der Waals surface area contributed by atoms with Crippen LogP contribution in [0, 0.1) is 5.92 Å². The van der Waals surface area contributed by atoms with Gasteiger partial charge in [0.1, 0.15) is 12.0 Å². The summed E-state index contributed by atoms with van der Waals surface area (Å²) < 4.78 is 19.6. The van der Waals surface area contributed by atoms with Crippen molar-refractivity contribution in [2.45, 2.75) is 32.4 Å². The third-order valence-electron chi connectivity index (χ3n) is 5.05. The van der Waals surface area contributed by atoms with E-state index in [0.29, 0.717) is 31.9 Å². The molecule has 0 spiro atoms. The van der Waals surface area contributed by atoms with Crippen LogP contribution in [0.1, 0.15) is 13.8 Å². The Hall–Kier alpha value is -2.19. The molecule has 8 heteroatoms. The van der Waals surface area contributed by atoms with Crippen LogP contribution in [0.25, 0.3) is 0 Å². The predicted molar refractivity (Wildman–Crippen MR) is 98.7 cm³/mol. The first-order valence-corrected chi connectivity index (χ1v) is 9.36. The highest BCUT2D eigenvalue weighted by molar-refractivity contribution is 5.82. The summed E-state index contributed by atoms with van der Waals surface area (Å²) in [5, 5.41) is 5.87. The van der Waals surface area contributed by atoms with Crippen molar-refractivity contribution in [3.63, 3.8) is 0 Å². The summed E-state index contributed by atoms with van der Waals surface area (Å²) in [6.45, 7) is 6.05.